The molecule has 1 aliphatic heterocycles. The molecule has 0 aromatic carbocycles. The van der Waals surface area contributed by atoms with Crippen molar-refractivity contribution in [2.75, 3.05) is 6.54 Å². The van der Waals surface area contributed by atoms with Crippen molar-refractivity contribution in [3.05, 3.63) is 22.6 Å². The van der Waals surface area contributed by atoms with Crippen molar-refractivity contribution in [3.8, 4) is 0 Å². The Balaban J connectivity index is 2.11. The number of hydrogen-bond acceptors (Lipinski definition) is 3. The summed E-state index contributed by atoms with van der Waals surface area (Å²) in [5.41, 5.74) is 0. The molecule has 1 aromatic rings. The van der Waals surface area contributed by atoms with Crippen LogP contribution in [0.3, 0.4) is 0 Å². The van der Waals surface area contributed by atoms with Crippen LogP contribution >= 0.6 is 15.9 Å². The van der Waals surface area contributed by atoms with Crippen LogP contribution in [0.25, 0.3) is 0 Å². The fraction of sp³-hybridized carbons (Fsp3) is 0.500. The second kappa shape index (κ2) is 3.20. The van der Waals surface area contributed by atoms with E-state index in [1.54, 1.807) is 0 Å². The monoisotopic (exact) mass is 231 g/mol. The third-order valence-electron chi connectivity index (χ3n) is 1.81. The third-order valence-corrected chi connectivity index (χ3v) is 2.24. The summed E-state index contributed by atoms with van der Waals surface area (Å²) < 4.78 is 11.6. The van der Waals surface area contributed by atoms with E-state index in [0.717, 1.165) is 17.0 Å². The highest BCUT2D eigenvalue weighted by Gasteiger charge is 2.24. The molecule has 4 heteroatoms. The van der Waals surface area contributed by atoms with Crippen LogP contribution in [0.2, 0.25) is 0 Å². The van der Waals surface area contributed by atoms with E-state index in [9.17, 15) is 0 Å². The minimum Gasteiger partial charge on any atom is -0.450 e. The van der Waals surface area contributed by atoms with Gasteiger partial charge in [-0.05, 0) is 35.0 Å². The van der Waals surface area contributed by atoms with Gasteiger partial charge in [-0.1, -0.05) is 0 Å². The molecule has 0 saturated carbocycles. The van der Waals surface area contributed by atoms with Gasteiger partial charge in [0.1, 0.15) is 5.76 Å². The predicted octanol–water partition coefficient (Wildman–Crippen LogP) is 2.05. The minimum absolute atomic E-state index is 0.0775. The van der Waals surface area contributed by atoms with Gasteiger partial charge in [0, 0.05) is 6.54 Å². The molecule has 1 saturated heterocycles. The SMILES string of the molecule is CC1CNC(c2ccc(Br)o2)O1. The van der Waals surface area contributed by atoms with Crippen molar-refractivity contribution in [3.63, 3.8) is 0 Å². The zero-order valence-corrected chi connectivity index (χ0v) is 8.30. The molecule has 1 aliphatic rings. The molecule has 2 unspecified atom stereocenters. The van der Waals surface area contributed by atoms with Gasteiger partial charge in [-0.15, -0.1) is 0 Å². The van der Waals surface area contributed by atoms with Crippen molar-refractivity contribution in [2.24, 2.45) is 0 Å². The Morgan fingerprint density at radius 3 is 2.92 bits per heavy atom. The summed E-state index contributed by atoms with van der Waals surface area (Å²) in [7, 11) is 0. The summed E-state index contributed by atoms with van der Waals surface area (Å²) in [6.07, 6.45) is 0.185. The lowest BCUT2D eigenvalue weighted by Gasteiger charge is -2.06. The van der Waals surface area contributed by atoms with E-state index >= 15 is 0 Å². The van der Waals surface area contributed by atoms with E-state index in [1.165, 1.54) is 0 Å². The van der Waals surface area contributed by atoms with Crippen molar-refractivity contribution in [2.45, 2.75) is 19.3 Å². The lowest BCUT2D eigenvalue weighted by molar-refractivity contribution is 0.0366. The molecular weight excluding hydrogens is 222 g/mol. The maximum absolute atomic E-state index is 5.53. The molecule has 0 radical (unpaired) electrons. The lowest BCUT2D eigenvalue weighted by Crippen LogP contribution is -2.13. The molecular formula is C8H10BrNO2. The Bertz CT molecular complexity index is 274. The largest absolute Gasteiger partial charge is 0.450 e. The molecule has 0 aliphatic carbocycles. The van der Waals surface area contributed by atoms with Crippen LogP contribution in [0.4, 0.5) is 0 Å². The Morgan fingerprint density at radius 2 is 2.42 bits per heavy atom. The average molecular weight is 232 g/mol. The Morgan fingerprint density at radius 1 is 1.58 bits per heavy atom. The van der Waals surface area contributed by atoms with Crippen molar-refractivity contribution >= 4 is 15.9 Å². The van der Waals surface area contributed by atoms with Gasteiger partial charge in [-0.3, -0.25) is 5.32 Å². The van der Waals surface area contributed by atoms with Crippen molar-refractivity contribution in [1.82, 2.24) is 5.32 Å². The third kappa shape index (κ3) is 1.55. The second-order valence-electron chi connectivity index (χ2n) is 2.88. The standard InChI is InChI=1S/C8H10BrNO2/c1-5-4-10-8(11-5)6-2-3-7(9)12-6/h2-3,5,8,10H,4H2,1H3. The molecule has 1 aromatic heterocycles. The number of halogens is 1. The highest BCUT2D eigenvalue weighted by molar-refractivity contribution is 9.10. The summed E-state index contributed by atoms with van der Waals surface area (Å²) >= 11 is 3.24. The van der Waals surface area contributed by atoms with E-state index in [-0.39, 0.29) is 12.3 Å². The summed E-state index contributed by atoms with van der Waals surface area (Å²) in [5.74, 6) is 0.825. The highest BCUT2D eigenvalue weighted by atomic mass is 79.9. The quantitative estimate of drug-likeness (QED) is 0.804. The fourth-order valence-electron chi connectivity index (χ4n) is 1.24. The summed E-state index contributed by atoms with van der Waals surface area (Å²) in [6.45, 7) is 2.91. The van der Waals surface area contributed by atoms with Gasteiger partial charge >= 0.3 is 0 Å². The number of nitrogens with one attached hydrogen (secondary N) is 1. The van der Waals surface area contributed by atoms with E-state index in [0.29, 0.717) is 0 Å². The van der Waals surface area contributed by atoms with Crippen LogP contribution in [0.1, 0.15) is 18.9 Å². The highest BCUT2D eigenvalue weighted by Crippen LogP contribution is 2.24. The predicted molar refractivity (Wildman–Crippen MR) is 47.7 cm³/mol. The van der Waals surface area contributed by atoms with Gasteiger partial charge in [-0.25, -0.2) is 0 Å². The van der Waals surface area contributed by atoms with Crippen LogP contribution < -0.4 is 5.32 Å². The molecule has 0 bridgehead atoms. The molecule has 2 atom stereocenters. The lowest BCUT2D eigenvalue weighted by atomic mass is 10.4. The Labute approximate surface area is 79.2 Å². The first kappa shape index (κ1) is 8.29. The number of hydrogen-bond donors (Lipinski definition) is 1. The Kier molecular flexibility index (Phi) is 2.21. The van der Waals surface area contributed by atoms with Gasteiger partial charge < -0.3 is 9.15 Å². The first-order valence-electron chi connectivity index (χ1n) is 3.90. The molecule has 12 heavy (non-hydrogen) atoms. The van der Waals surface area contributed by atoms with Gasteiger partial charge in [0.05, 0.1) is 6.10 Å². The summed E-state index contributed by atoms with van der Waals surface area (Å²) in [5, 5.41) is 3.20. The molecule has 3 nitrogen and oxygen atoms in total. The first-order valence-corrected chi connectivity index (χ1v) is 4.69. The zero-order valence-electron chi connectivity index (χ0n) is 6.71. The van der Waals surface area contributed by atoms with Crippen LogP contribution in [0, 0.1) is 0 Å². The van der Waals surface area contributed by atoms with Crippen LogP contribution in [0.15, 0.2) is 21.2 Å². The molecule has 2 rings (SSSR count). The van der Waals surface area contributed by atoms with Crippen molar-refractivity contribution in [1.29, 1.82) is 0 Å². The minimum atomic E-state index is -0.0775. The topological polar surface area (TPSA) is 34.4 Å². The molecule has 66 valence electrons. The molecule has 1 fully saturated rings. The molecule has 0 amide bonds. The van der Waals surface area contributed by atoms with Gasteiger partial charge in [0.25, 0.3) is 0 Å². The normalized spacial score (nSPS) is 29.5. The first-order chi connectivity index (χ1) is 5.75. The van der Waals surface area contributed by atoms with Crippen LogP contribution in [-0.4, -0.2) is 12.6 Å². The number of furan rings is 1. The van der Waals surface area contributed by atoms with Gasteiger partial charge in [-0.2, -0.15) is 0 Å². The molecule has 1 N–H and O–H groups in total. The zero-order chi connectivity index (χ0) is 8.55. The second-order valence-corrected chi connectivity index (χ2v) is 3.66. The average Bonchev–Trinajstić information content (AvgIpc) is 2.58. The maximum Gasteiger partial charge on any atom is 0.169 e. The van der Waals surface area contributed by atoms with E-state index in [1.807, 2.05) is 19.1 Å². The summed E-state index contributed by atoms with van der Waals surface area (Å²) in [6, 6.07) is 3.77. The van der Waals surface area contributed by atoms with Gasteiger partial charge in [0.2, 0.25) is 0 Å². The van der Waals surface area contributed by atoms with E-state index < -0.39 is 0 Å². The molecule has 0 spiro atoms. The molecule has 2 heterocycles. The van der Waals surface area contributed by atoms with Crippen LogP contribution in [0.5, 0.6) is 0 Å². The van der Waals surface area contributed by atoms with E-state index in [4.69, 9.17) is 9.15 Å². The number of ether oxygens (including phenoxy) is 1. The maximum atomic E-state index is 5.53. The summed E-state index contributed by atoms with van der Waals surface area (Å²) in [4.78, 5) is 0. The fourth-order valence-corrected chi connectivity index (χ4v) is 1.56. The smallest absolute Gasteiger partial charge is 0.169 e. The number of rotatable bonds is 1. The van der Waals surface area contributed by atoms with Gasteiger partial charge in [0.15, 0.2) is 10.9 Å². The van der Waals surface area contributed by atoms with Crippen LogP contribution in [-0.2, 0) is 4.74 Å². The van der Waals surface area contributed by atoms with E-state index in [2.05, 4.69) is 21.2 Å². The Hall–Kier alpha value is -0.320. The van der Waals surface area contributed by atoms with Crippen molar-refractivity contribution < 1.29 is 9.15 Å².